The fourth-order valence-electron chi connectivity index (χ4n) is 5.37. The van der Waals surface area contributed by atoms with Crippen LogP contribution in [0.25, 0.3) is 0 Å². The number of carbonyl (C=O) groups is 3. The van der Waals surface area contributed by atoms with Crippen LogP contribution >= 0.6 is 0 Å². The van der Waals surface area contributed by atoms with Gasteiger partial charge in [-0.1, -0.05) is 30.3 Å². The maximum Gasteiger partial charge on any atom is 0.244 e. The number of nitrogens with one attached hydrogen (secondary N) is 1. The van der Waals surface area contributed by atoms with Gasteiger partial charge in [0, 0.05) is 18.4 Å². The summed E-state index contributed by atoms with van der Waals surface area (Å²) < 4.78 is 13.3. The summed E-state index contributed by atoms with van der Waals surface area (Å²) in [5.41, 5.74) is 0.947. The summed E-state index contributed by atoms with van der Waals surface area (Å²) in [5.74, 6) is -2.21. The molecule has 3 aliphatic rings. The molecule has 1 unspecified atom stereocenters. The van der Waals surface area contributed by atoms with Crippen LogP contribution in [0.1, 0.15) is 23.2 Å². The van der Waals surface area contributed by atoms with E-state index in [1.807, 2.05) is 18.2 Å². The van der Waals surface area contributed by atoms with Gasteiger partial charge in [0.05, 0.1) is 12.2 Å². The monoisotopic (exact) mass is 379 g/mol. The second kappa shape index (κ2) is 6.34. The molecule has 28 heavy (non-hydrogen) atoms. The second-order valence-electron chi connectivity index (χ2n) is 7.82. The van der Waals surface area contributed by atoms with E-state index in [9.17, 15) is 18.8 Å². The van der Waals surface area contributed by atoms with E-state index >= 15 is 0 Å². The highest BCUT2D eigenvalue weighted by Gasteiger charge is 2.68. The Morgan fingerprint density at radius 2 is 1.64 bits per heavy atom. The van der Waals surface area contributed by atoms with E-state index in [4.69, 9.17) is 0 Å². The van der Waals surface area contributed by atoms with Gasteiger partial charge < -0.3 is 4.90 Å². The van der Waals surface area contributed by atoms with Gasteiger partial charge in [-0.05, 0) is 24.3 Å². The molecule has 3 heterocycles. The molecule has 0 aliphatic carbocycles. The number of imide groups is 1. The van der Waals surface area contributed by atoms with Crippen molar-refractivity contribution in [2.45, 2.75) is 24.9 Å². The van der Waals surface area contributed by atoms with Crippen molar-refractivity contribution in [3.05, 3.63) is 66.0 Å². The Morgan fingerprint density at radius 3 is 2.36 bits per heavy atom. The fraction of sp³-hybridized carbons (Fsp3) is 0.318. The van der Waals surface area contributed by atoms with Crippen LogP contribution < -0.4 is 9.80 Å². The first-order chi connectivity index (χ1) is 13.6. The summed E-state index contributed by atoms with van der Waals surface area (Å²) in [5, 5.41) is 0. The first-order valence-corrected chi connectivity index (χ1v) is 9.66. The summed E-state index contributed by atoms with van der Waals surface area (Å²) in [6.07, 6.45) is 1.78. The van der Waals surface area contributed by atoms with E-state index in [0.29, 0.717) is 11.3 Å². The number of Topliss-reactive ketones (excluding diaryl/α,β-unsaturated/α-hetero) is 1. The number of ketones is 1. The molecule has 142 valence electrons. The zero-order chi connectivity index (χ0) is 19.4. The fourth-order valence-corrected chi connectivity index (χ4v) is 5.37. The van der Waals surface area contributed by atoms with Crippen LogP contribution in [0.4, 0.5) is 10.1 Å². The van der Waals surface area contributed by atoms with Gasteiger partial charge >= 0.3 is 0 Å². The van der Waals surface area contributed by atoms with E-state index in [-0.39, 0.29) is 23.6 Å². The molecule has 0 radical (unpaired) electrons. The Bertz CT molecular complexity index is 960. The minimum atomic E-state index is -0.648. The maximum absolute atomic E-state index is 13.3. The average Bonchev–Trinajstić information content (AvgIpc) is 3.35. The third-order valence-electron chi connectivity index (χ3n) is 6.47. The van der Waals surface area contributed by atoms with Gasteiger partial charge in [-0.25, -0.2) is 9.29 Å². The van der Waals surface area contributed by atoms with Crippen LogP contribution in [0.2, 0.25) is 0 Å². The third kappa shape index (κ3) is 2.37. The largest absolute Gasteiger partial charge is 0.322 e. The number of hydrogen-bond donors (Lipinski definition) is 1. The van der Waals surface area contributed by atoms with E-state index < -0.39 is 23.7 Å². The lowest BCUT2D eigenvalue weighted by atomic mass is 9.85. The van der Waals surface area contributed by atoms with E-state index in [0.717, 1.165) is 29.2 Å². The van der Waals surface area contributed by atoms with E-state index in [2.05, 4.69) is 0 Å². The molecule has 3 aliphatic heterocycles. The average molecular weight is 379 g/mol. The Balaban J connectivity index is 1.55. The predicted octanol–water partition coefficient (Wildman–Crippen LogP) is 1.24. The van der Waals surface area contributed by atoms with Crippen LogP contribution in [0.5, 0.6) is 0 Å². The maximum atomic E-state index is 13.3. The lowest BCUT2D eigenvalue weighted by Crippen LogP contribution is -3.16. The number of anilines is 1. The summed E-state index contributed by atoms with van der Waals surface area (Å²) in [6, 6.07) is 13.8. The zero-order valence-electron chi connectivity index (χ0n) is 15.2. The van der Waals surface area contributed by atoms with Crippen molar-refractivity contribution >= 4 is 23.3 Å². The normalized spacial score (nSPS) is 31.2. The number of nitrogens with zero attached hydrogens (tertiary/aromatic N) is 1. The highest BCUT2D eigenvalue weighted by molar-refractivity contribution is 6.24. The molecule has 0 spiro atoms. The molecule has 3 saturated heterocycles. The molecule has 5 nitrogen and oxygen atoms in total. The summed E-state index contributed by atoms with van der Waals surface area (Å²) >= 11 is 0. The Hall–Kier alpha value is -2.86. The molecule has 3 fully saturated rings. The van der Waals surface area contributed by atoms with Crippen molar-refractivity contribution in [1.29, 1.82) is 0 Å². The zero-order valence-corrected chi connectivity index (χ0v) is 15.2. The predicted molar refractivity (Wildman–Crippen MR) is 99.3 cm³/mol. The van der Waals surface area contributed by atoms with Crippen molar-refractivity contribution < 1.29 is 23.7 Å². The van der Waals surface area contributed by atoms with Crippen LogP contribution in [0.15, 0.2) is 54.6 Å². The van der Waals surface area contributed by atoms with Gasteiger partial charge in [0.15, 0.2) is 6.04 Å². The van der Waals surface area contributed by atoms with Crippen molar-refractivity contribution in [3.63, 3.8) is 0 Å². The quantitative estimate of drug-likeness (QED) is 0.645. The molecule has 2 amide bonds. The standard InChI is InChI=1S/C22H19FN2O3/c23-14-8-10-15(11-9-14)25-21(27)17-16-7-4-12-24(16)19(18(17)22(25)28)20(26)13-5-2-1-3-6-13/h1-3,5-6,8-11,16-19H,4,7,12H2/p+1/t16-,17-,18-,19-/m1/s1. The Labute approximate surface area is 161 Å². The number of hydrogen-bond acceptors (Lipinski definition) is 3. The second-order valence-corrected chi connectivity index (χ2v) is 7.82. The molecule has 6 heteroatoms. The first-order valence-electron chi connectivity index (χ1n) is 9.66. The summed E-state index contributed by atoms with van der Waals surface area (Å²) in [4.78, 5) is 42.1. The van der Waals surface area contributed by atoms with Crippen molar-refractivity contribution in [2.75, 3.05) is 11.4 Å². The summed E-state index contributed by atoms with van der Waals surface area (Å²) in [6.45, 7) is 0.804. The van der Waals surface area contributed by atoms with Gasteiger partial charge in [-0.15, -0.1) is 0 Å². The Kier molecular flexibility index (Phi) is 3.91. The van der Waals surface area contributed by atoms with E-state index in [1.54, 1.807) is 12.1 Å². The van der Waals surface area contributed by atoms with Gasteiger partial charge in [0.1, 0.15) is 23.7 Å². The van der Waals surface area contributed by atoms with Gasteiger partial charge in [-0.2, -0.15) is 0 Å². The topological polar surface area (TPSA) is 58.9 Å². The number of fused-ring (bicyclic) bond motifs is 3. The molecule has 2 aromatic rings. The number of benzene rings is 2. The van der Waals surface area contributed by atoms with Crippen LogP contribution in [-0.2, 0) is 9.59 Å². The molecular formula is C22H20FN2O3+. The van der Waals surface area contributed by atoms with Crippen LogP contribution in [0, 0.1) is 17.7 Å². The van der Waals surface area contributed by atoms with Crippen molar-refractivity contribution in [1.82, 2.24) is 0 Å². The molecule has 1 N–H and O–H groups in total. The van der Waals surface area contributed by atoms with Gasteiger partial charge in [-0.3, -0.25) is 14.4 Å². The molecule has 5 rings (SSSR count). The smallest absolute Gasteiger partial charge is 0.244 e. The molecular weight excluding hydrogens is 359 g/mol. The third-order valence-corrected chi connectivity index (χ3v) is 6.47. The highest BCUT2D eigenvalue weighted by Crippen LogP contribution is 2.40. The minimum absolute atomic E-state index is 0.00967. The first kappa shape index (κ1) is 17.3. The minimum Gasteiger partial charge on any atom is -0.322 e. The molecule has 0 aromatic heterocycles. The van der Waals surface area contributed by atoms with Crippen LogP contribution in [0.3, 0.4) is 0 Å². The lowest BCUT2D eigenvalue weighted by molar-refractivity contribution is -0.915. The van der Waals surface area contributed by atoms with Gasteiger partial charge in [0.25, 0.3) is 0 Å². The summed E-state index contributed by atoms with van der Waals surface area (Å²) in [7, 11) is 0. The number of amides is 2. The molecule has 0 saturated carbocycles. The molecule has 2 aromatic carbocycles. The molecule has 0 bridgehead atoms. The highest BCUT2D eigenvalue weighted by atomic mass is 19.1. The Morgan fingerprint density at radius 1 is 0.964 bits per heavy atom. The molecule has 5 atom stereocenters. The van der Waals surface area contributed by atoms with Crippen LogP contribution in [-0.4, -0.2) is 36.2 Å². The lowest BCUT2D eigenvalue weighted by Gasteiger charge is -2.25. The van der Waals surface area contributed by atoms with Gasteiger partial charge in [0.2, 0.25) is 17.6 Å². The van der Waals surface area contributed by atoms with Crippen molar-refractivity contribution in [3.8, 4) is 0 Å². The SMILES string of the molecule is O=C(c1ccccc1)[C@H]1[C@@H]2C(=O)N(c3ccc(F)cc3)C(=O)[C@@H]2[C@H]2CCC[NH+]21. The number of rotatable bonds is 3. The van der Waals surface area contributed by atoms with E-state index in [1.165, 1.54) is 24.3 Å². The number of halogens is 1. The number of quaternary nitrogens is 1. The van der Waals surface area contributed by atoms with Crippen molar-refractivity contribution in [2.24, 2.45) is 11.8 Å². The number of carbonyl (C=O) groups excluding carboxylic acids is 3.